The first-order valence-corrected chi connectivity index (χ1v) is 6.42. The first-order valence-electron chi connectivity index (χ1n) is 6.42. The van der Waals surface area contributed by atoms with Crippen LogP contribution < -0.4 is 15.5 Å². The van der Waals surface area contributed by atoms with Gasteiger partial charge in [0.15, 0.2) is 0 Å². The molecule has 1 aromatic heterocycles. The number of hydrogen-bond donors (Lipinski definition) is 2. The van der Waals surface area contributed by atoms with Crippen LogP contribution in [0.2, 0.25) is 0 Å². The van der Waals surface area contributed by atoms with Crippen LogP contribution >= 0.6 is 0 Å². The Morgan fingerprint density at radius 1 is 1.40 bits per heavy atom. The van der Waals surface area contributed by atoms with Gasteiger partial charge in [0.1, 0.15) is 5.82 Å². The van der Waals surface area contributed by atoms with Gasteiger partial charge in [0, 0.05) is 32.0 Å². The molecule has 7 nitrogen and oxygen atoms in total. The number of aromatic nitrogens is 1. The van der Waals surface area contributed by atoms with E-state index in [2.05, 4.69) is 15.6 Å². The Kier molecular flexibility index (Phi) is 5.03. The maximum absolute atomic E-state index is 11.4. The van der Waals surface area contributed by atoms with Crippen molar-refractivity contribution in [2.45, 2.75) is 6.54 Å². The minimum absolute atomic E-state index is 0.147. The molecule has 0 aromatic carbocycles. The van der Waals surface area contributed by atoms with E-state index in [0.717, 1.165) is 12.1 Å². The van der Waals surface area contributed by atoms with Gasteiger partial charge in [0.05, 0.1) is 19.7 Å². The maximum Gasteiger partial charge on any atom is 0.246 e. The van der Waals surface area contributed by atoms with Crippen LogP contribution in [0.25, 0.3) is 0 Å². The third-order valence-corrected chi connectivity index (χ3v) is 2.91. The van der Waals surface area contributed by atoms with Gasteiger partial charge in [-0.2, -0.15) is 0 Å². The van der Waals surface area contributed by atoms with Gasteiger partial charge in [-0.15, -0.1) is 0 Å². The van der Waals surface area contributed by atoms with Crippen molar-refractivity contribution in [2.24, 2.45) is 0 Å². The number of pyridine rings is 1. The summed E-state index contributed by atoms with van der Waals surface area (Å²) >= 11 is 0. The zero-order valence-electron chi connectivity index (χ0n) is 11.4. The largest absolute Gasteiger partial charge is 0.383 e. The quantitative estimate of drug-likeness (QED) is 0.528. The van der Waals surface area contributed by atoms with Crippen molar-refractivity contribution in [1.82, 2.24) is 15.6 Å². The van der Waals surface area contributed by atoms with Crippen LogP contribution in [-0.2, 0) is 20.9 Å². The Balaban J connectivity index is 2.06. The van der Waals surface area contributed by atoms with Gasteiger partial charge in [-0.1, -0.05) is 6.07 Å². The predicted octanol–water partition coefficient (Wildman–Crippen LogP) is -0.720. The molecule has 20 heavy (non-hydrogen) atoms. The van der Waals surface area contributed by atoms with E-state index in [1.807, 2.05) is 12.1 Å². The number of rotatable bonds is 6. The Hall–Kier alpha value is -1.99. The summed E-state index contributed by atoms with van der Waals surface area (Å²) in [6.07, 6.45) is 1.66. The van der Waals surface area contributed by atoms with E-state index in [9.17, 15) is 9.59 Å². The summed E-state index contributed by atoms with van der Waals surface area (Å²) in [4.78, 5) is 28.8. The number of piperazine rings is 1. The zero-order chi connectivity index (χ0) is 14.4. The lowest BCUT2D eigenvalue weighted by atomic mass is 10.2. The fourth-order valence-electron chi connectivity index (χ4n) is 2.04. The molecule has 2 amide bonds. The monoisotopic (exact) mass is 278 g/mol. The third kappa shape index (κ3) is 3.75. The molecule has 1 aliphatic heterocycles. The van der Waals surface area contributed by atoms with Gasteiger partial charge >= 0.3 is 0 Å². The van der Waals surface area contributed by atoms with Crippen molar-refractivity contribution in [3.8, 4) is 0 Å². The van der Waals surface area contributed by atoms with Crippen LogP contribution in [0, 0.1) is 0 Å². The van der Waals surface area contributed by atoms with E-state index in [-0.39, 0.29) is 24.9 Å². The number of nitrogens with one attached hydrogen (secondary N) is 2. The van der Waals surface area contributed by atoms with Crippen LogP contribution in [0.3, 0.4) is 0 Å². The molecule has 0 radical (unpaired) electrons. The average molecular weight is 278 g/mol. The lowest BCUT2D eigenvalue weighted by Gasteiger charge is -2.28. The molecule has 1 aromatic rings. The molecule has 108 valence electrons. The summed E-state index contributed by atoms with van der Waals surface area (Å²) in [5.41, 5.74) is 0.950. The van der Waals surface area contributed by atoms with Gasteiger partial charge in [-0.05, 0) is 6.07 Å². The van der Waals surface area contributed by atoms with Gasteiger partial charge < -0.3 is 15.0 Å². The van der Waals surface area contributed by atoms with Crippen molar-refractivity contribution in [3.05, 3.63) is 23.9 Å². The number of methoxy groups -OCH3 is 1. The molecule has 0 atom stereocenters. The molecular formula is C13H18N4O3. The van der Waals surface area contributed by atoms with E-state index in [1.165, 1.54) is 0 Å². The summed E-state index contributed by atoms with van der Waals surface area (Å²) in [6, 6.07) is 3.77. The molecule has 2 rings (SSSR count). The molecule has 1 saturated heterocycles. The summed E-state index contributed by atoms with van der Waals surface area (Å²) in [5.74, 6) is 0.0657. The minimum atomic E-state index is -0.301. The molecule has 2 N–H and O–H groups in total. The van der Waals surface area contributed by atoms with Gasteiger partial charge in [-0.3, -0.25) is 14.9 Å². The number of hydrogen-bond acceptors (Lipinski definition) is 6. The van der Waals surface area contributed by atoms with Gasteiger partial charge in [-0.25, -0.2) is 4.98 Å². The standard InChI is InChI=1S/C13H18N4O3/c1-20-6-5-14-7-10-3-2-4-15-13(10)17-8-11(18)16-12(19)9-17/h2-4,14H,5-9H2,1H3,(H,16,18,19). The molecule has 0 spiro atoms. The van der Waals surface area contributed by atoms with E-state index in [0.29, 0.717) is 19.0 Å². The van der Waals surface area contributed by atoms with Crippen LogP contribution in [0.5, 0.6) is 0 Å². The van der Waals surface area contributed by atoms with Crippen molar-refractivity contribution in [1.29, 1.82) is 0 Å². The van der Waals surface area contributed by atoms with E-state index >= 15 is 0 Å². The number of imide groups is 1. The molecule has 1 fully saturated rings. The molecule has 2 heterocycles. The van der Waals surface area contributed by atoms with E-state index < -0.39 is 0 Å². The van der Waals surface area contributed by atoms with Crippen LogP contribution in [-0.4, -0.2) is 50.1 Å². The van der Waals surface area contributed by atoms with E-state index in [4.69, 9.17) is 4.74 Å². The number of carbonyl (C=O) groups excluding carboxylic acids is 2. The second kappa shape index (κ2) is 6.97. The summed E-state index contributed by atoms with van der Waals surface area (Å²) in [6.45, 7) is 2.25. The average Bonchev–Trinajstić information content (AvgIpc) is 2.43. The first kappa shape index (κ1) is 14.4. The van der Waals surface area contributed by atoms with Gasteiger partial charge in [0.25, 0.3) is 0 Å². The number of nitrogens with zero attached hydrogens (tertiary/aromatic N) is 2. The van der Waals surface area contributed by atoms with Crippen molar-refractivity contribution in [3.63, 3.8) is 0 Å². The Bertz CT molecular complexity index is 476. The van der Waals surface area contributed by atoms with Crippen LogP contribution in [0.15, 0.2) is 18.3 Å². The van der Waals surface area contributed by atoms with Crippen LogP contribution in [0.4, 0.5) is 5.82 Å². The van der Waals surface area contributed by atoms with Crippen molar-refractivity contribution < 1.29 is 14.3 Å². The second-order valence-corrected chi connectivity index (χ2v) is 4.48. The number of amides is 2. The maximum atomic E-state index is 11.4. The molecule has 0 bridgehead atoms. The molecule has 0 unspecified atom stereocenters. The van der Waals surface area contributed by atoms with Crippen LogP contribution in [0.1, 0.15) is 5.56 Å². The van der Waals surface area contributed by atoms with Crippen molar-refractivity contribution in [2.75, 3.05) is 38.3 Å². The minimum Gasteiger partial charge on any atom is -0.383 e. The molecule has 1 aliphatic rings. The highest BCUT2D eigenvalue weighted by Crippen LogP contribution is 2.17. The second-order valence-electron chi connectivity index (χ2n) is 4.48. The zero-order valence-corrected chi connectivity index (χ0v) is 11.4. The summed E-state index contributed by atoms with van der Waals surface area (Å²) < 4.78 is 4.97. The fraction of sp³-hybridized carbons (Fsp3) is 0.462. The van der Waals surface area contributed by atoms with E-state index in [1.54, 1.807) is 18.2 Å². The predicted molar refractivity (Wildman–Crippen MR) is 73.2 cm³/mol. The lowest BCUT2D eigenvalue weighted by Crippen LogP contribution is -2.52. The number of ether oxygens (including phenoxy) is 1. The highest BCUT2D eigenvalue weighted by molar-refractivity contribution is 6.02. The summed E-state index contributed by atoms with van der Waals surface area (Å²) in [5, 5.41) is 5.51. The normalized spacial score (nSPS) is 15.3. The lowest BCUT2D eigenvalue weighted by molar-refractivity contribution is -0.130. The Morgan fingerprint density at radius 2 is 2.15 bits per heavy atom. The molecule has 0 saturated carbocycles. The molecule has 7 heteroatoms. The Labute approximate surface area is 117 Å². The SMILES string of the molecule is COCCNCc1cccnc1N1CC(=O)NC(=O)C1. The highest BCUT2D eigenvalue weighted by atomic mass is 16.5. The molecular weight excluding hydrogens is 260 g/mol. The van der Waals surface area contributed by atoms with Gasteiger partial charge in [0.2, 0.25) is 11.8 Å². The molecule has 0 aliphatic carbocycles. The third-order valence-electron chi connectivity index (χ3n) is 2.91. The topological polar surface area (TPSA) is 83.6 Å². The smallest absolute Gasteiger partial charge is 0.246 e. The highest BCUT2D eigenvalue weighted by Gasteiger charge is 2.24. The number of carbonyl (C=O) groups is 2. The van der Waals surface area contributed by atoms with Crippen molar-refractivity contribution >= 4 is 17.6 Å². The number of anilines is 1. The fourth-order valence-corrected chi connectivity index (χ4v) is 2.04. The Morgan fingerprint density at radius 3 is 2.85 bits per heavy atom. The summed E-state index contributed by atoms with van der Waals surface area (Å²) in [7, 11) is 1.65. The first-order chi connectivity index (χ1) is 9.70.